The molecule has 25 heavy (non-hydrogen) atoms. The van der Waals surface area contributed by atoms with Crippen LogP contribution in [-0.4, -0.2) is 31.7 Å². The van der Waals surface area contributed by atoms with Gasteiger partial charge in [-0.1, -0.05) is 12.1 Å². The number of nitrogens with one attached hydrogen (secondary N) is 2. The highest BCUT2D eigenvalue weighted by Crippen LogP contribution is 2.19. The van der Waals surface area contributed by atoms with E-state index in [2.05, 4.69) is 20.4 Å². The van der Waals surface area contributed by atoms with Crippen LogP contribution in [0, 0.1) is 5.82 Å². The highest BCUT2D eigenvalue weighted by molar-refractivity contribution is 5.76. The highest BCUT2D eigenvalue weighted by atomic mass is 19.1. The summed E-state index contributed by atoms with van der Waals surface area (Å²) in [6, 6.07) is 8.29. The molecule has 0 radical (unpaired) electrons. The molecule has 2 aromatic heterocycles. The predicted octanol–water partition coefficient (Wildman–Crippen LogP) is 2.53. The van der Waals surface area contributed by atoms with Gasteiger partial charge in [0.25, 0.3) is 0 Å². The van der Waals surface area contributed by atoms with Crippen LogP contribution in [-0.2, 0) is 17.8 Å². The van der Waals surface area contributed by atoms with Gasteiger partial charge in [-0.25, -0.2) is 9.37 Å². The van der Waals surface area contributed by atoms with Crippen molar-refractivity contribution < 1.29 is 9.18 Å². The molecule has 0 saturated carbocycles. The number of hydrogen-bond donors (Lipinski definition) is 2. The summed E-state index contributed by atoms with van der Waals surface area (Å²) < 4.78 is 14.8. The van der Waals surface area contributed by atoms with Crippen molar-refractivity contribution in [2.75, 3.05) is 0 Å². The Labute approximate surface area is 145 Å². The van der Waals surface area contributed by atoms with Crippen LogP contribution in [0.15, 0.2) is 42.9 Å². The first-order chi connectivity index (χ1) is 12.0. The Morgan fingerprint density at radius 2 is 2.04 bits per heavy atom. The van der Waals surface area contributed by atoms with E-state index in [4.69, 9.17) is 0 Å². The van der Waals surface area contributed by atoms with Crippen molar-refractivity contribution in [3.05, 3.63) is 59.9 Å². The number of hydrogen-bond acceptors (Lipinski definition) is 3. The molecule has 0 aliphatic carbocycles. The molecule has 0 spiro atoms. The zero-order chi connectivity index (χ0) is 17.8. The third-order valence-corrected chi connectivity index (χ3v) is 3.67. The Balaban J connectivity index is 1.88. The van der Waals surface area contributed by atoms with Gasteiger partial charge < -0.3 is 10.3 Å². The van der Waals surface area contributed by atoms with Crippen LogP contribution in [0.25, 0.3) is 11.4 Å². The minimum absolute atomic E-state index is 0.0643. The zero-order valence-corrected chi connectivity index (χ0v) is 14.2. The Morgan fingerprint density at radius 3 is 2.68 bits per heavy atom. The second-order valence-electron chi connectivity index (χ2n) is 6.16. The van der Waals surface area contributed by atoms with E-state index in [1.807, 2.05) is 19.9 Å². The standard InChI is InChI=1S/C18H20FN5O/c1-12(2)22-18(25)10-24-15(7-13-3-5-14(19)6-4-13)8-16(23-24)17-9-20-11-21-17/h3-6,8-9,11-12H,7,10H2,1-2H3,(H,20,21)(H,22,25). The molecule has 2 heterocycles. The van der Waals surface area contributed by atoms with Crippen molar-refractivity contribution in [3.63, 3.8) is 0 Å². The molecule has 2 N–H and O–H groups in total. The zero-order valence-electron chi connectivity index (χ0n) is 14.2. The molecule has 0 unspecified atom stereocenters. The molecule has 7 heteroatoms. The first-order valence-corrected chi connectivity index (χ1v) is 8.11. The number of benzene rings is 1. The fourth-order valence-corrected chi connectivity index (χ4v) is 2.58. The average Bonchev–Trinajstić information content (AvgIpc) is 3.19. The van der Waals surface area contributed by atoms with Crippen LogP contribution in [0.5, 0.6) is 0 Å². The van der Waals surface area contributed by atoms with Crippen LogP contribution in [0.3, 0.4) is 0 Å². The Morgan fingerprint density at radius 1 is 1.28 bits per heavy atom. The third kappa shape index (κ3) is 4.32. The summed E-state index contributed by atoms with van der Waals surface area (Å²) in [6.45, 7) is 3.95. The molecule has 130 valence electrons. The molecule has 3 rings (SSSR count). The van der Waals surface area contributed by atoms with Gasteiger partial charge in [0, 0.05) is 24.4 Å². The van der Waals surface area contributed by atoms with E-state index in [-0.39, 0.29) is 24.3 Å². The van der Waals surface area contributed by atoms with Crippen molar-refractivity contribution in [3.8, 4) is 11.4 Å². The number of H-pyrrole nitrogens is 1. The molecule has 0 aliphatic rings. The fraction of sp³-hybridized carbons (Fsp3) is 0.278. The van der Waals surface area contributed by atoms with E-state index in [9.17, 15) is 9.18 Å². The van der Waals surface area contributed by atoms with Gasteiger partial charge in [0.05, 0.1) is 6.33 Å². The molecule has 0 fully saturated rings. The van der Waals surface area contributed by atoms with Crippen molar-refractivity contribution in [2.45, 2.75) is 32.9 Å². The lowest BCUT2D eigenvalue weighted by atomic mass is 10.1. The number of nitrogens with zero attached hydrogens (tertiary/aromatic N) is 3. The molecule has 0 bridgehead atoms. The molecule has 3 aromatic rings. The van der Waals surface area contributed by atoms with Gasteiger partial charge >= 0.3 is 0 Å². The van der Waals surface area contributed by atoms with Gasteiger partial charge in [-0.3, -0.25) is 9.48 Å². The maximum atomic E-state index is 13.1. The number of carbonyl (C=O) groups excluding carboxylic acids is 1. The van der Waals surface area contributed by atoms with Crippen molar-refractivity contribution in [2.24, 2.45) is 0 Å². The Hall–Kier alpha value is -2.96. The second kappa shape index (κ2) is 7.29. The van der Waals surface area contributed by atoms with Crippen LogP contribution >= 0.6 is 0 Å². The summed E-state index contributed by atoms with van der Waals surface area (Å²) >= 11 is 0. The topological polar surface area (TPSA) is 75.6 Å². The number of rotatable bonds is 6. The minimum Gasteiger partial charge on any atom is -0.352 e. The van der Waals surface area contributed by atoms with E-state index in [1.165, 1.54) is 12.1 Å². The van der Waals surface area contributed by atoms with Gasteiger partial charge in [0.1, 0.15) is 23.7 Å². The minimum atomic E-state index is -0.272. The predicted molar refractivity (Wildman–Crippen MR) is 92.3 cm³/mol. The van der Waals surface area contributed by atoms with E-state index in [0.29, 0.717) is 17.8 Å². The largest absolute Gasteiger partial charge is 0.352 e. The SMILES string of the molecule is CC(C)NC(=O)Cn1nc(-c2c[nH]cn2)cc1Cc1ccc(F)cc1. The summed E-state index contributed by atoms with van der Waals surface area (Å²) in [5.74, 6) is -0.377. The normalized spacial score (nSPS) is 11.0. The second-order valence-corrected chi connectivity index (χ2v) is 6.16. The van der Waals surface area contributed by atoms with E-state index in [0.717, 1.165) is 11.3 Å². The first-order valence-electron chi connectivity index (χ1n) is 8.11. The highest BCUT2D eigenvalue weighted by Gasteiger charge is 2.14. The van der Waals surface area contributed by atoms with E-state index in [1.54, 1.807) is 29.3 Å². The average molecular weight is 341 g/mol. The smallest absolute Gasteiger partial charge is 0.241 e. The lowest BCUT2D eigenvalue weighted by Crippen LogP contribution is -2.33. The monoisotopic (exact) mass is 341 g/mol. The van der Waals surface area contributed by atoms with Crippen molar-refractivity contribution >= 4 is 5.91 Å². The van der Waals surface area contributed by atoms with Gasteiger partial charge in [0.2, 0.25) is 5.91 Å². The maximum Gasteiger partial charge on any atom is 0.241 e. The number of imidazole rings is 1. The van der Waals surface area contributed by atoms with E-state index >= 15 is 0 Å². The fourth-order valence-electron chi connectivity index (χ4n) is 2.58. The van der Waals surface area contributed by atoms with Gasteiger partial charge in [-0.2, -0.15) is 5.10 Å². The van der Waals surface area contributed by atoms with Crippen LogP contribution < -0.4 is 5.32 Å². The quantitative estimate of drug-likeness (QED) is 0.723. The number of carbonyl (C=O) groups is 1. The molecule has 1 amide bonds. The lowest BCUT2D eigenvalue weighted by Gasteiger charge is -2.10. The number of amides is 1. The Kier molecular flexibility index (Phi) is 4.92. The summed E-state index contributed by atoms with van der Waals surface area (Å²) in [6.07, 6.45) is 3.88. The van der Waals surface area contributed by atoms with Gasteiger partial charge in [-0.15, -0.1) is 0 Å². The molecule has 6 nitrogen and oxygen atoms in total. The summed E-state index contributed by atoms with van der Waals surface area (Å²) in [4.78, 5) is 19.2. The van der Waals surface area contributed by atoms with Crippen molar-refractivity contribution in [1.29, 1.82) is 0 Å². The number of aromatic amines is 1. The van der Waals surface area contributed by atoms with E-state index < -0.39 is 0 Å². The molecule has 0 saturated heterocycles. The number of halogens is 1. The van der Waals surface area contributed by atoms with Crippen molar-refractivity contribution in [1.82, 2.24) is 25.1 Å². The Bertz CT molecular complexity index is 837. The molecular formula is C18H20FN5O. The molecule has 0 atom stereocenters. The maximum absolute atomic E-state index is 13.1. The van der Waals surface area contributed by atoms with Crippen LogP contribution in [0.4, 0.5) is 4.39 Å². The lowest BCUT2D eigenvalue weighted by molar-refractivity contribution is -0.122. The number of aromatic nitrogens is 4. The molecule has 0 aliphatic heterocycles. The van der Waals surface area contributed by atoms with Crippen LogP contribution in [0.1, 0.15) is 25.1 Å². The first kappa shape index (κ1) is 16.9. The molecule has 1 aromatic carbocycles. The molecular weight excluding hydrogens is 321 g/mol. The summed E-state index contributed by atoms with van der Waals surface area (Å²) in [5, 5.41) is 7.38. The van der Waals surface area contributed by atoms with Gasteiger partial charge in [0.15, 0.2) is 0 Å². The van der Waals surface area contributed by atoms with Crippen LogP contribution in [0.2, 0.25) is 0 Å². The summed E-state index contributed by atoms with van der Waals surface area (Å²) in [5.41, 5.74) is 3.21. The third-order valence-electron chi connectivity index (χ3n) is 3.67. The summed E-state index contributed by atoms with van der Waals surface area (Å²) in [7, 11) is 0. The van der Waals surface area contributed by atoms with Gasteiger partial charge in [-0.05, 0) is 37.6 Å².